The number of aryl methyl sites for hydroxylation is 1. The Labute approximate surface area is 168 Å². The Morgan fingerprint density at radius 2 is 1.93 bits per heavy atom. The standard InChI is InChI=1S/C20H25ClN6O/c1-13-7-8-14(9-16(13)21)19(28)12-27-18-6-4-3-5-17(18)26(20(27)23)11-15(22)10-25-24-2/h3-10,19,23-25,28H,11-12,22H2,1-2H3/b15-10-,23-20?. The van der Waals surface area contributed by atoms with Crippen LogP contribution >= 0.6 is 11.6 Å². The number of halogens is 1. The average Bonchev–Trinajstić information content (AvgIpc) is 2.94. The van der Waals surface area contributed by atoms with Crippen molar-refractivity contribution in [1.82, 2.24) is 20.0 Å². The Morgan fingerprint density at radius 1 is 1.25 bits per heavy atom. The van der Waals surface area contributed by atoms with Crippen LogP contribution in [0, 0.1) is 12.3 Å². The first-order valence-corrected chi connectivity index (χ1v) is 9.33. The molecular formula is C20H25ClN6O. The molecule has 1 unspecified atom stereocenters. The molecule has 2 aromatic carbocycles. The van der Waals surface area contributed by atoms with Crippen LogP contribution in [0.4, 0.5) is 0 Å². The lowest BCUT2D eigenvalue weighted by Crippen LogP contribution is -2.29. The van der Waals surface area contributed by atoms with E-state index >= 15 is 0 Å². The smallest absolute Gasteiger partial charge is 0.203 e. The Bertz CT molecular complexity index is 1070. The van der Waals surface area contributed by atoms with Crippen LogP contribution in [0.25, 0.3) is 11.0 Å². The van der Waals surface area contributed by atoms with E-state index < -0.39 is 6.10 Å². The van der Waals surface area contributed by atoms with Gasteiger partial charge in [0.1, 0.15) is 0 Å². The van der Waals surface area contributed by atoms with E-state index in [1.54, 1.807) is 23.9 Å². The number of hydrazine groups is 1. The van der Waals surface area contributed by atoms with E-state index in [0.29, 0.717) is 17.3 Å². The molecule has 148 valence electrons. The van der Waals surface area contributed by atoms with Crippen molar-refractivity contribution >= 4 is 22.6 Å². The summed E-state index contributed by atoms with van der Waals surface area (Å²) < 4.78 is 3.60. The zero-order valence-electron chi connectivity index (χ0n) is 15.9. The SMILES string of the molecule is CNN/C=C(\N)Cn1c(=N)n(CC(O)c2ccc(C)c(Cl)c2)c2ccccc21. The highest BCUT2D eigenvalue weighted by molar-refractivity contribution is 6.31. The molecule has 1 aromatic heterocycles. The van der Waals surface area contributed by atoms with Gasteiger partial charge in [-0.3, -0.25) is 5.41 Å². The summed E-state index contributed by atoms with van der Waals surface area (Å²) in [6.07, 6.45) is 0.868. The van der Waals surface area contributed by atoms with Gasteiger partial charge >= 0.3 is 0 Å². The maximum Gasteiger partial charge on any atom is 0.203 e. The number of aliphatic hydroxyl groups excluding tert-OH is 1. The highest BCUT2D eigenvalue weighted by Crippen LogP contribution is 2.23. The minimum Gasteiger partial charge on any atom is -0.399 e. The summed E-state index contributed by atoms with van der Waals surface area (Å²) in [5.41, 5.74) is 15.9. The Hall–Kier alpha value is -2.74. The molecule has 1 atom stereocenters. The molecule has 28 heavy (non-hydrogen) atoms. The van der Waals surface area contributed by atoms with Crippen molar-refractivity contribution in [3.8, 4) is 0 Å². The summed E-state index contributed by atoms with van der Waals surface area (Å²) in [5.74, 6) is 0. The fourth-order valence-electron chi connectivity index (χ4n) is 3.13. The van der Waals surface area contributed by atoms with Gasteiger partial charge in [0, 0.05) is 24.0 Å². The number of aliphatic hydroxyl groups is 1. The number of benzene rings is 2. The number of fused-ring (bicyclic) bond motifs is 1. The van der Waals surface area contributed by atoms with E-state index in [4.69, 9.17) is 22.7 Å². The first-order chi connectivity index (χ1) is 13.4. The maximum absolute atomic E-state index is 10.8. The second kappa shape index (κ2) is 8.52. The molecule has 0 aliphatic heterocycles. The highest BCUT2D eigenvalue weighted by Gasteiger charge is 2.16. The topological polar surface area (TPSA) is 104 Å². The largest absolute Gasteiger partial charge is 0.399 e. The van der Waals surface area contributed by atoms with Crippen molar-refractivity contribution in [2.24, 2.45) is 5.73 Å². The summed E-state index contributed by atoms with van der Waals surface area (Å²) in [6.45, 7) is 2.52. The van der Waals surface area contributed by atoms with Crippen LogP contribution < -0.4 is 22.2 Å². The van der Waals surface area contributed by atoms with Gasteiger partial charge in [-0.1, -0.05) is 35.9 Å². The van der Waals surface area contributed by atoms with Gasteiger partial charge in [0.15, 0.2) is 0 Å². The van der Waals surface area contributed by atoms with Gasteiger partial charge in [-0.2, -0.15) is 0 Å². The van der Waals surface area contributed by atoms with Crippen LogP contribution in [0.3, 0.4) is 0 Å². The molecule has 0 radical (unpaired) electrons. The zero-order valence-corrected chi connectivity index (χ0v) is 16.7. The predicted molar refractivity (Wildman–Crippen MR) is 111 cm³/mol. The summed E-state index contributed by atoms with van der Waals surface area (Å²) >= 11 is 6.20. The fourth-order valence-corrected chi connectivity index (χ4v) is 3.32. The van der Waals surface area contributed by atoms with E-state index in [0.717, 1.165) is 22.2 Å². The van der Waals surface area contributed by atoms with Gasteiger partial charge in [0.05, 0.1) is 30.2 Å². The summed E-state index contributed by atoms with van der Waals surface area (Å²) in [4.78, 5) is 0. The molecule has 3 aromatic rings. The van der Waals surface area contributed by atoms with Gasteiger partial charge in [-0.15, -0.1) is 0 Å². The molecule has 0 aliphatic carbocycles. The molecule has 0 bridgehead atoms. The van der Waals surface area contributed by atoms with E-state index in [9.17, 15) is 5.11 Å². The predicted octanol–water partition coefficient (Wildman–Crippen LogP) is 2.14. The molecule has 0 fully saturated rings. The van der Waals surface area contributed by atoms with Crippen LogP contribution in [0.5, 0.6) is 0 Å². The number of nitrogens with zero attached hydrogens (tertiary/aromatic N) is 2. The van der Waals surface area contributed by atoms with E-state index in [1.165, 1.54) is 0 Å². The number of hydrogen-bond donors (Lipinski definition) is 5. The average molecular weight is 401 g/mol. The van der Waals surface area contributed by atoms with Gasteiger partial charge in [-0.05, 0) is 36.2 Å². The molecule has 0 saturated carbocycles. The number of nitrogens with two attached hydrogens (primary N) is 1. The molecular weight excluding hydrogens is 376 g/mol. The normalized spacial score (nSPS) is 13.1. The lowest BCUT2D eigenvalue weighted by atomic mass is 10.1. The number of hydrogen-bond acceptors (Lipinski definition) is 5. The maximum atomic E-state index is 10.8. The molecule has 7 nitrogen and oxygen atoms in total. The van der Waals surface area contributed by atoms with Gasteiger partial charge < -0.3 is 25.4 Å². The van der Waals surface area contributed by atoms with Gasteiger partial charge in [0.25, 0.3) is 0 Å². The quantitative estimate of drug-likeness (QED) is 0.392. The Balaban J connectivity index is 1.98. The molecule has 8 heteroatoms. The van der Waals surface area contributed by atoms with Crippen LogP contribution in [-0.2, 0) is 13.1 Å². The van der Waals surface area contributed by atoms with Gasteiger partial charge in [0.2, 0.25) is 5.62 Å². The molecule has 0 amide bonds. The van der Waals surface area contributed by atoms with Gasteiger partial charge in [-0.25, -0.2) is 5.43 Å². The zero-order chi connectivity index (χ0) is 20.3. The van der Waals surface area contributed by atoms with Crippen LogP contribution in [0.15, 0.2) is 54.4 Å². The minimum atomic E-state index is -0.787. The number of nitrogens with one attached hydrogen (secondary N) is 3. The van der Waals surface area contributed by atoms with E-state index in [2.05, 4.69) is 10.9 Å². The first-order valence-electron chi connectivity index (χ1n) is 8.96. The second-order valence-electron chi connectivity index (χ2n) is 6.65. The number of imidazole rings is 1. The van der Waals surface area contributed by atoms with Crippen LogP contribution in [0.2, 0.25) is 5.02 Å². The Kier molecular flexibility index (Phi) is 6.08. The molecule has 1 heterocycles. The second-order valence-corrected chi connectivity index (χ2v) is 7.05. The molecule has 3 rings (SSSR count). The van der Waals surface area contributed by atoms with E-state index in [-0.39, 0.29) is 12.2 Å². The third-order valence-corrected chi connectivity index (χ3v) is 5.06. The summed E-state index contributed by atoms with van der Waals surface area (Å²) in [6, 6.07) is 13.2. The van der Waals surface area contributed by atoms with Crippen molar-refractivity contribution in [1.29, 1.82) is 5.41 Å². The van der Waals surface area contributed by atoms with Crippen molar-refractivity contribution in [2.45, 2.75) is 26.1 Å². The minimum absolute atomic E-state index is 0.240. The fraction of sp³-hybridized carbons (Fsp3) is 0.250. The third kappa shape index (κ3) is 4.06. The number of allylic oxidation sites excluding steroid dienone is 1. The number of aromatic nitrogens is 2. The molecule has 6 N–H and O–H groups in total. The van der Waals surface area contributed by atoms with Crippen molar-refractivity contribution in [3.63, 3.8) is 0 Å². The first kappa shape index (κ1) is 20.0. The van der Waals surface area contributed by atoms with Crippen molar-refractivity contribution in [3.05, 3.63) is 76.1 Å². The lowest BCUT2D eigenvalue weighted by molar-refractivity contribution is 0.155. The van der Waals surface area contributed by atoms with Crippen LogP contribution in [-0.4, -0.2) is 21.3 Å². The lowest BCUT2D eigenvalue weighted by Gasteiger charge is -2.14. The summed E-state index contributed by atoms with van der Waals surface area (Å²) in [7, 11) is 1.75. The van der Waals surface area contributed by atoms with Crippen LogP contribution in [0.1, 0.15) is 17.2 Å². The third-order valence-electron chi connectivity index (χ3n) is 4.65. The summed E-state index contributed by atoms with van der Waals surface area (Å²) in [5, 5.41) is 20.0. The molecule has 0 aliphatic rings. The van der Waals surface area contributed by atoms with E-state index in [1.807, 2.05) is 47.9 Å². The molecule has 0 saturated heterocycles. The monoisotopic (exact) mass is 400 g/mol. The highest BCUT2D eigenvalue weighted by atomic mass is 35.5. The number of para-hydroxylation sites is 2. The number of rotatable bonds is 7. The van der Waals surface area contributed by atoms with Crippen molar-refractivity contribution in [2.75, 3.05) is 7.05 Å². The molecule has 0 spiro atoms. The van der Waals surface area contributed by atoms with Crippen molar-refractivity contribution < 1.29 is 5.11 Å². The Morgan fingerprint density at radius 3 is 2.57 bits per heavy atom.